The van der Waals surface area contributed by atoms with Crippen LogP contribution in [0.3, 0.4) is 0 Å². The van der Waals surface area contributed by atoms with E-state index in [9.17, 15) is 4.79 Å². The molecule has 1 heterocycles. The van der Waals surface area contributed by atoms with Gasteiger partial charge in [0, 0.05) is 5.56 Å². The highest BCUT2D eigenvalue weighted by Gasteiger charge is 2.09. The number of nitrogens with one attached hydrogen (secondary N) is 2. The van der Waals surface area contributed by atoms with E-state index in [0.717, 1.165) is 0 Å². The first kappa shape index (κ1) is 12.3. The van der Waals surface area contributed by atoms with Crippen molar-refractivity contribution in [1.29, 1.82) is 0 Å². The van der Waals surface area contributed by atoms with Gasteiger partial charge in [0.2, 0.25) is 5.95 Å². The van der Waals surface area contributed by atoms with Crippen molar-refractivity contribution in [3.8, 4) is 0 Å². The molecule has 5 nitrogen and oxygen atoms in total. The van der Waals surface area contributed by atoms with Crippen molar-refractivity contribution in [1.82, 2.24) is 15.2 Å². The highest BCUT2D eigenvalue weighted by Crippen LogP contribution is 2.15. The van der Waals surface area contributed by atoms with Crippen LogP contribution in [0.15, 0.2) is 24.3 Å². The van der Waals surface area contributed by atoms with Gasteiger partial charge in [0.25, 0.3) is 5.91 Å². The van der Waals surface area contributed by atoms with E-state index >= 15 is 0 Å². The Morgan fingerprint density at radius 3 is 2.44 bits per heavy atom. The van der Waals surface area contributed by atoms with Crippen molar-refractivity contribution in [2.45, 2.75) is 26.7 Å². The summed E-state index contributed by atoms with van der Waals surface area (Å²) in [5, 5.41) is 9.17. The normalized spacial score (nSPS) is 10.7. The van der Waals surface area contributed by atoms with Crippen LogP contribution in [0.25, 0.3) is 0 Å². The molecule has 2 N–H and O–H groups in total. The van der Waals surface area contributed by atoms with Crippen molar-refractivity contribution in [2.75, 3.05) is 5.32 Å². The molecule has 0 aliphatic heterocycles. The van der Waals surface area contributed by atoms with Crippen LogP contribution in [0.2, 0.25) is 0 Å². The van der Waals surface area contributed by atoms with Gasteiger partial charge in [-0.15, -0.1) is 5.10 Å². The van der Waals surface area contributed by atoms with Crippen LogP contribution in [0.5, 0.6) is 0 Å². The minimum Gasteiger partial charge on any atom is -0.289 e. The molecule has 0 unspecified atom stereocenters. The van der Waals surface area contributed by atoms with Gasteiger partial charge in [-0.3, -0.25) is 15.2 Å². The van der Waals surface area contributed by atoms with Crippen LogP contribution in [-0.4, -0.2) is 21.1 Å². The second-order valence-electron chi connectivity index (χ2n) is 4.48. The molecule has 2 rings (SSSR count). The molecule has 0 radical (unpaired) electrons. The summed E-state index contributed by atoms with van der Waals surface area (Å²) in [7, 11) is 0. The fourth-order valence-corrected chi connectivity index (χ4v) is 1.59. The molecule has 94 valence electrons. The number of hydrogen-bond donors (Lipinski definition) is 2. The second-order valence-corrected chi connectivity index (χ2v) is 4.48. The molecule has 1 aromatic carbocycles. The lowest BCUT2D eigenvalue weighted by Gasteiger charge is -2.06. The topological polar surface area (TPSA) is 70.7 Å². The molecule has 18 heavy (non-hydrogen) atoms. The molecule has 0 aliphatic carbocycles. The van der Waals surface area contributed by atoms with Crippen LogP contribution in [0.1, 0.15) is 41.5 Å². The molecule has 0 aliphatic rings. The lowest BCUT2D eigenvalue weighted by molar-refractivity contribution is 0.102. The molecule has 1 aromatic heterocycles. The number of carbonyl (C=O) groups excluding carboxylic acids is 1. The van der Waals surface area contributed by atoms with Crippen LogP contribution < -0.4 is 5.32 Å². The van der Waals surface area contributed by atoms with Crippen LogP contribution in [-0.2, 0) is 0 Å². The number of benzene rings is 1. The Kier molecular flexibility index (Phi) is 3.41. The van der Waals surface area contributed by atoms with E-state index < -0.39 is 0 Å². The first-order valence-electron chi connectivity index (χ1n) is 5.86. The number of H-pyrrole nitrogens is 1. The Hall–Kier alpha value is -2.17. The Labute approximate surface area is 106 Å². The number of anilines is 1. The number of rotatable bonds is 3. The zero-order valence-electron chi connectivity index (χ0n) is 10.7. The molecule has 0 saturated carbocycles. The molecule has 0 spiro atoms. The summed E-state index contributed by atoms with van der Waals surface area (Å²) in [6, 6.07) is 7.54. The third-order valence-corrected chi connectivity index (χ3v) is 2.66. The standard InChI is InChI=1S/C13H16N4O/c1-8(2)10-4-6-11(7-5-10)12(18)15-13-14-9(3)16-17-13/h4-8H,1-3H3,(H2,14,15,16,17,18). The Balaban J connectivity index is 2.09. The number of amides is 1. The van der Waals surface area contributed by atoms with E-state index in [1.807, 2.05) is 24.3 Å². The van der Waals surface area contributed by atoms with Crippen molar-refractivity contribution >= 4 is 11.9 Å². The number of hydrogen-bond acceptors (Lipinski definition) is 3. The van der Waals surface area contributed by atoms with Gasteiger partial charge in [0.05, 0.1) is 0 Å². The summed E-state index contributed by atoms with van der Waals surface area (Å²) in [6.45, 7) is 6.01. The van der Waals surface area contributed by atoms with Gasteiger partial charge in [-0.05, 0) is 30.5 Å². The smallest absolute Gasteiger partial charge is 0.258 e. The van der Waals surface area contributed by atoms with Crippen molar-refractivity contribution < 1.29 is 4.79 Å². The quantitative estimate of drug-likeness (QED) is 0.871. The van der Waals surface area contributed by atoms with Gasteiger partial charge in [-0.1, -0.05) is 26.0 Å². The van der Waals surface area contributed by atoms with E-state index in [1.54, 1.807) is 6.92 Å². The average molecular weight is 244 g/mol. The SMILES string of the molecule is Cc1nc(NC(=O)c2ccc(C(C)C)cc2)n[nH]1. The summed E-state index contributed by atoms with van der Waals surface area (Å²) < 4.78 is 0. The molecule has 0 bridgehead atoms. The first-order valence-corrected chi connectivity index (χ1v) is 5.86. The minimum atomic E-state index is -0.204. The summed E-state index contributed by atoms with van der Waals surface area (Å²) >= 11 is 0. The number of aryl methyl sites for hydroxylation is 1. The summed E-state index contributed by atoms with van der Waals surface area (Å²) in [5.74, 6) is 1.22. The van der Waals surface area contributed by atoms with Crippen molar-refractivity contribution in [3.05, 3.63) is 41.2 Å². The summed E-state index contributed by atoms with van der Waals surface area (Å²) in [5.41, 5.74) is 1.81. The Morgan fingerprint density at radius 1 is 1.28 bits per heavy atom. The zero-order chi connectivity index (χ0) is 13.1. The van der Waals surface area contributed by atoms with Gasteiger partial charge in [0.15, 0.2) is 0 Å². The maximum absolute atomic E-state index is 11.9. The first-order chi connectivity index (χ1) is 8.56. The molecule has 1 amide bonds. The molecule has 2 aromatic rings. The molecule has 0 fully saturated rings. The van der Waals surface area contributed by atoms with E-state index in [-0.39, 0.29) is 5.91 Å². The largest absolute Gasteiger partial charge is 0.289 e. The predicted octanol–water partition coefficient (Wildman–Crippen LogP) is 2.49. The lowest BCUT2D eigenvalue weighted by Crippen LogP contribution is -2.13. The monoisotopic (exact) mass is 244 g/mol. The number of nitrogens with zero attached hydrogens (tertiary/aromatic N) is 2. The van der Waals surface area contributed by atoms with Gasteiger partial charge in [0.1, 0.15) is 5.82 Å². The Morgan fingerprint density at radius 2 is 1.94 bits per heavy atom. The maximum Gasteiger partial charge on any atom is 0.258 e. The third-order valence-electron chi connectivity index (χ3n) is 2.66. The van der Waals surface area contributed by atoms with E-state index in [0.29, 0.717) is 23.3 Å². The van der Waals surface area contributed by atoms with Crippen molar-refractivity contribution in [2.24, 2.45) is 0 Å². The third kappa shape index (κ3) is 2.74. The predicted molar refractivity (Wildman–Crippen MR) is 69.6 cm³/mol. The zero-order valence-corrected chi connectivity index (χ0v) is 10.7. The molecular weight excluding hydrogens is 228 g/mol. The van der Waals surface area contributed by atoms with Crippen molar-refractivity contribution in [3.63, 3.8) is 0 Å². The number of aromatic amines is 1. The average Bonchev–Trinajstić information content (AvgIpc) is 2.75. The highest BCUT2D eigenvalue weighted by atomic mass is 16.1. The van der Waals surface area contributed by atoms with Gasteiger partial charge >= 0.3 is 0 Å². The lowest BCUT2D eigenvalue weighted by atomic mass is 10.0. The highest BCUT2D eigenvalue weighted by molar-refractivity contribution is 6.03. The van der Waals surface area contributed by atoms with E-state index in [1.165, 1.54) is 5.56 Å². The van der Waals surface area contributed by atoms with Crippen LogP contribution in [0, 0.1) is 6.92 Å². The Bertz CT molecular complexity index is 542. The molecule has 0 atom stereocenters. The van der Waals surface area contributed by atoms with Crippen LogP contribution in [0.4, 0.5) is 5.95 Å². The van der Waals surface area contributed by atoms with Gasteiger partial charge < -0.3 is 0 Å². The fraction of sp³-hybridized carbons (Fsp3) is 0.308. The second kappa shape index (κ2) is 5.00. The number of carbonyl (C=O) groups is 1. The van der Waals surface area contributed by atoms with Crippen LogP contribution >= 0.6 is 0 Å². The van der Waals surface area contributed by atoms with Gasteiger partial charge in [-0.2, -0.15) is 4.98 Å². The molecule has 0 saturated heterocycles. The van der Waals surface area contributed by atoms with E-state index in [2.05, 4.69) is 34.3 Å². The number of aromatic nitrogens is 3. The molecular formula is C13H16N4O. The minimum absolute atomic E-state index is 0.204. The fourth-order valence-electron chi connectivity index (χ4n) is 1.59. The van der Waals surface area contributed by atoms with E-state index in [4.69, 9.17) is 0 Å². The summed E-state index contributed by atoms with van der Waals surface area (Å²) in [6.07, 6.45) is 0. The molecule has 5 heteroatoms. The maximum atomic E-state index is 11.9. The van der Waals surface area contributed by atoms with Gasteiger partial charge in [-0.25, -0.2) is 0 Å². The summed E-state index contributed by atoms with van der Waals surface area (Å²) in [4.78, 5) is 15.9.